The topological polar surface area (TPSA) is 72.2 Å². The van der Waals surface area contributed by atoms with E-state index in [9.17, 15) is 0 Å². The molecular formula is C8H18N4O. The molecule has 0 saturated carbocycles. The first kappa shape index (κ1) is 12.2. The van der Waals surface area contributed by atoms with Gasteiger partial charge < -0.3 is 10.0 Å². The number of nitrogens with zero attached hydrogens (tertiary/aromatic N) is 4. The monoisotopic (exact) mass is 186 g/mol. The van der Waals surface area contributed by atoms with Gasteiger partial charge in [-0.1, -0.05) is 5.11 Å². The van der Waals surface area contributed by atoms with Gasteiger partial charge in [-0.3, -0.25) is 0 Å². The van der Waals surface area contributed by atoms with Crippen molar-refractivity contribution in [1.82, 2.24) is 4.90 Å². The predicted molar refractivity (Wildman–Crippen MR) is 52.4 cm³/mol. The van der Waals surface area contributed by atoms with Crippen LogP contribution in [0.2, 0.25) is 0 Å². The van der Waals surface area contributed by atoms with Gasteiger partial charge in [-0.05, 0) is 38.9 Å². The van der Waals surface area contributed by atoms with E-state index in [1.807, 2.05) is 7.05 Å². The molecule has 0 aliphatic carbocycles. The Bertz CT molecular complexity index is 166. The fourth-order valence-corrected chi connectivity index (χ4v) is 0.975. The molecule has 0 fully saturated rings. The van der Waals surface area contributed by atoms with Gasteiger partial charge in [0.15, 0.2) is 0 Å². The second-order valence-electron chi connectivity index (χ2n) is 3.25. The van der Waals surface area contributed by atoms with E-state index < -0.39 is 0 Å². The highest BCUT2D eigenvalue weighted by Gasteiger charge is 2.00. The van der Waals surface area contributed by atoms with Crippen LogP contribution in [0.1, 0.15) is 19.8 Å². The largest absolute Gasteiger partial charge is 0.393 e. The lowest BCUT2D eigenvalue weighted by atomic mass is 10.2. The summed E-state index contributed by atoms with van der Waals surface area (Å²) in [6.45, 7) is 4.13. The summed E-state index contributed by atoms with van der Waals surface area (Å²) in [4.78, 5) is 4.80. The van der Waals surface area contributed by atoms with Crippen LogP contribution in [0.5, 0.6) is 0 Å². The Morgan fingerprint density at radius 2 is 2.23 bits per heavy atom. The molecule has 0 rings (SSSR count). The molecule has 0 heterocycles. The molecule has 1 atom stereocenters. The van der Waals surface area contributed by atoms with Crippen LogP contribution >= 0.6 is 0 Å². The molecule has 0 aliphatic heterocycles. The Balaban J connectivity index is 3.29. The SMILES string of the molecule is CC(O)CCN(C)CCCN=[N+]=[N-]. The maximum Gasteiger partial charge on any atom is 0.0524 e. The predicted octanol–water partition coefficient (Wildman–Crippen LogP) is 1.39. The highest BCUT2D eigenvalue weighted by molar-refractivity contribution is 4.56. The van der Waals surface area contributed by atoms with E-state index in [1.165, 1.54) is 0 Å². The fraction of sp³-hybridized carbons (Fsp3) is 1.00. The summed E-state index contributed by atoms with van der Waals surface area (Å²) in [5, 5.41) is 12.5. The standard InChI is InChI=1S/C8H18N4O/c1-8(13)4-7-12(2)6-3-5-10-11-9/h8,13H,3-7H2,1-2H3. The second kappa shape index (κ2) is 7.86. The van der Waals surface area contributed by atoms with E-state index in [0.29, 0.717) is 6.54 Å². The molecule has 0 saturated heterocycles. The van der Waals surface area contributed by atoms with Crippen LogP contribution in [0.4, 0.5) is 0 Å². The summed E-state index contributed by atoms with van der Waals surface area (Å²) in [5.74, 6) is 0. The lowest BCUT2D eigenvalue weighted by molar-refractivity contribution is 0.164. The first-order chi connectivity index (χ1) is 6.16. The van der Waals surface area contributed by atoms with Crippen molar-refractivity contribution in [3.63, 3.8) is 0 Å². The van der Waals surface area contributed by atoms with E-state index in [2.05, 4.69) is 14.9 Å². The molecule has 0 aromatic rings. The lowest BCUT2D eigenvalue weighted by Gasteiger charge is -2.16. The summed E-state index contributed by atoms with van der Waals surface area (Å²) in [6.07, 6.45) is 1.43. The zero-order valence-corrected chi connectivity index (χ0v) is 8.35. The number of aliphatic hydroxyl groups excluding tert-OH is 1. The van der Waals surface area contributed by atoms with Crippen LogP contribution in [0.3, 0.4) is 0 Å². The summed E-state index contributed by atoms with van der Waals surface area (Å²) in [7, 11) is 2.00. The molecule has 1 unspecified atom stereocenters. The zero-order valence-electron chi connectivity index (χ0n) is 8.35. The Hall–Kier alpha value is -0.770. The number of hydrogen-bond donors (Lipinski definition) is 1. The number of rotatable bonds is 7. The minimum absolute atomic E-state index is 0.237. The van der Waals surface area contributed by atoms with Crippen LogP contribution in [-0.2, 0) is 0 Å². The van der Waals surface area contributed by atoms with E-state index >= 15 is 0 Å². The second-order valence-corrected chi connectivity index (χ2v) is 3.25. The van der Waals surface area contributed by atoms with Crippen LogP contribution in [0, 0.1) is 0 Å². The highest BCUT2D eigenvalue weighted by Crippen LogP contribution is 1.94. The van der Waals surface area contributed by atoms with Gasteiger partial charge in [-0.15, -0.1) is 0 Å². The zero-order chi connectivity index (χ0) is 10.1. The van der Waals surface area contributed by atoms with Crippen LogP contribution < -0.4 is 0 Å². The van der Waals surface area contributed by atoms with Crippen molar-refractivity contribution in [1.29, 1.82) is 0 Å². The average Bonchev–Trinajstić information content (AvgIpc) is 2.09. The molecule has 0 aromatic heterocycles. The third-order valence-corrected chi connectivity index (χ3v) is 1.79. The molecule has 5 heteroatoms. The van der Waals surface area contributed by atoms with Gasteiger partial charge in [-0.25, -0.2) is 0 Å². The molecule has 0 bridgehead atoms. The molecular weight excluding hydrogens is 168 g/mol. The molecule has 13 heavy (non-hydrogen) atoms. The molecule has 0 aromatic carbocycles. The Morgan fingerprint density at radius 1 is 1.54 bits per heavy atom. The van der Waals surface area contributed by atoms with Gasteiger partial charge in [0.05, 0.1) is 6.10 Å². The van der Waals surface area contributed by atoms with E-state index in [1.54, 1.807) is 6.92 Å². The molecule has 0 aliphatic rings. The minimum atomic E-state index is -0.237. The van der Waals surface area contributed by atoms with Gasteiger partial charge >= 0.3 is 0 Å². The van der Waals surface area contributed by atoms with Crippen molar-refractivity contribution in [2.24, 2.45) is 5.11 Å². The summed E-state index contributed by atoms with van der Waals surface area (Å²) >= 11 is 0. The minimum Gasteiger partial charge on any atom is -0.393 e. The van der Waals surface area contributed by atoms with Crippen molar-refractivity contribution >= 4 is 0 Å². The number of hydrogen-bond acceptors (Lipinski definition) is 3. The van der Waals surface area contributed by atoms with Gasteiger partial charge in [0.2, 0.25) is 0 Å². The molecule has 1 N–H and O–H groups in total. The average molecular weight is 186 g/mol. The van der Waals surface area contributed by atoms with Crippen molar-refractivity contribution < 1.29 is 5.11 Å². The lowest BCUT2D eigenvalue weighted by Crippen LogP contribution is -2.23. The van der Waals surface area contributed by atoms with Crippen molar-refractivity contribution in [3.05, 3.63) is 10.4 Å². The Labute approximate surface area is 79.0 Å². The third kappa shape index (κ3) is 9.14. The Morgan fingerprint density at radius 3 is 2.77 bits per heavy atom. The summed E-state index contributed by atoms with van der Waals surface area (Å²) in [5.41, 5.74) is 8.02. The van der Waals surface area contributed by atoms with Crippen molar-refractivity contribution in [2.45, 2.75) is 25.9 Å². The maximum absolute atomic E-state index is 9.02. The van der Waals surface area contributed by atoms with E-state index in [-0.39, 0.29) is 6.10 Å². The number of aliphatic hydroxyl groups is 1. The first-order valence-corrected chi connectivity index (χ1v) is 4.54. The Kier molecular flexibility index (Phi) is 7.39. The van der Waals surface area contributed by atoms with Crippen LogP contribution in [-0.4, -0.2) is 42.8 Å². The fourth-order valence-electron chi connectivity index (χ4n) is 0.975. The number of azide groups is 1. The molecule has 0 amide bonds. The van der Waals surface area contributed by atoms with Gasteiger partial charge in [0.25, 0.3) is 0 Å². The van der Waals surface area contributed by atoms with Crippen molar-refractivity contribution in [3.8, 4) is 0 Å². The van der Waals surface area contributed by atoms with E-state index in [0.717, 1.165) is 25.9 Å². The van der Waals surface area contributed by atoms with Crippen LogP contribution in [0.15, 0.2) is 5.11 Å². The highest BCUT2D eigenvalue weighted by atomic mass is 16.3. The summed E-state index contributed by atoms with van der Waals surface area (Å²) in [6, 6.07) is 0. The smallest absolute Gasteiger partial charge is 0.0524 e. The quantitative estimate of drug-likeness (QED) is 0.282. The summed E-state index contributed by atoms with van der Waals surface area (Å²) < 4.78 is 0. The molecule has 5 nitrogen and oxygen atoms in total. The van der Waals surface area contributed by atoms with Gasteiger partial charge in [0.1, 0.15) is 0 Å². The molecule has 76 valence electrons. The first-order valence-electron chi connectivity index (χ1n) is 4.54. The van der Waals surface area contributed by atoms with Gasteiger partial charge in [0, 0.05) is 18.0 Å². The van der Waals surface area contributed by atoms with E-state index in [4.69, 9.17) is 10.6 Å². The normalized spacial score (nSPS) is 12.6. The van der Waals surface area contributed by atoms with Crippen molar-refractivity contribution in [2.75, 3.05) is 26.7 Å². The molecule has 0 spiro atoms. The third-order valence-electron chi connectivity index (χ3n) is 1.79. The van der Waals surface area contributed by atoms with Gasteiger partial charge in [-0.2, -0.15) is 0 Å². The molecule has 0 radical (unpaired) electrons. The maximum atomic E-state index is 9.02. The van der Waals surface area contributed by atoms with Crippen LogP contribution in [0.25, 0.3) is 10.4 Å².